The van der Waals surface area contributed by atoms with Gasteiger partial charge in [-0.15, -0.1) is 10.8 Å². The molecule has 35 heavy (non-hydrogen) atoms. The number of nitrogens with zero attached hydrogens (tertiary/aromatic N) is 4. The fourth-order valence-electron chi connectivity index (χ4n) is 3.18. The Hall–Kier alpha value is -3.02. The molecule has 0 radical (unpaired) electrons. The molecule has 4 aromatic rings. The van der Waals surface area contributed by atoms with E-state index in [2.05, 4.69) is 20.0 Å². The Balaban J connectivity index is 1.76. The second-order valence-electron chi connectivity index (χ2n) is 6.99. The Morgan fingerprint density at radius 2 is 1.91 bits per heavy atom. The minimum Gasteiger partial charge on any atom is -0.629 e. The van der Waals surface area contributed by atoms with Crippen LogP contribution in [0.2, 0.25) is 10.0 Å². The van der Waals surface area contributed by atoms with Crippen molar-refractivity contribution in [2.75, 3.05) is 7.11 Å². The van der Waals surface area contributed by atoms with E-state index in [0.29, 0.717) is 16.3 Å². The van der Waals surface area contributed by atoms with Crippen LogP contribution >= 0.6 is 33.9 Å². The van der Waals surface area contributed by atoms with Crippen LogP contribution in [-0.4, -0.2) is 32.5 Å². The Labute approximate surface area is 209 Å². The minimum absolute atomic E-state index is 0.266. The van der Waals surface area contributed by atoms with E-state index < -0.39 is 33.2 Å². The van der Waals surface area contributed by atoms with Crippen LogP contribution in [0.5, 0.6) is 5.75 Å². The predicted octanol–water partition coefficient (Wildman–Crippen LogP) is 7.81. The van der Waals surface area contributed by atoms with Gasteiger partial charge in [0.1, 0.15) is 17.3 Å². The first-order valence-corrected chi connectivity index (χ1v) is 11.9. The lowest BCUT2D eigenvalue weighted by Gasteiger charge is -2.31. The summed E-state index contributed by atoms with van der Waals surface area (Å²) in [6.45, 7) is 1.68. The molecule has 2 heterocycles. The van der Waals surface area contributed by atoms with Crippen LogP contribution < -0.4 is 4.74 Å². The maximum absolute atomic E-state index is 13.9. The summed E-state index contributed by atoms with van der Waals surface area (Å²) in [4.78, 5) is 4.62. The molecule has 0 saturated heterocycles. The Morgan fingerprint density at radius 3 is 2.54 bits per heavy atom. The summed E-state index contributed by atoms with van der Waals surface area (Å²) in [5.74, 6) is 0.172. The number of aromatic nitrogens is 4. The molecule has 0 aliphatic rings. The van der Waals surface area contributed by atoms with E-state index in [1.54, 1.807) is 12.3 Å². The van der Waals surface area contributed by atoms with Crippen molar-refractivity contribution in [3.8, 4) is 23.0 Å². The van der Waals surface area contributed by atoms with Gasteiger partial charge in [-0.1, -0.05) is 34.6 Å². The molecule has 1 atom stereocenters. The quantitative estimate of drug-likeness (QED) is 0.199. The molecule has 0 amide bonds. The Morgan fingerprint density at radius 1 is 1.14 bits per heavy atom. The zero-order valence-corrected chi connectivity index (χ0v) is 20.4. The number of rotatable bonds is 6. The lowest BCUT2D eigenvalue weighted by molar-refractivity contribution is -0.137. The molecule has 2 aromatic heterocycles. The molecule has 13 heteroatoms. The molecule has 4 rings (SSSR count). The maximum Gasteiger partial charge on any atom is 0.417 e. The van der Waals surface area contributed by atoms with Crippen molar-refractivity contribution < 1.29 is 22.3 Å². The second kappa shape index (κ2) is 9.92. The van der Waals surface area contributed by atoms with Crippen LogP contribution in [0.15, 0.2) is 53.6 Å². The van der Waals surface area contributed by atoms with Crippen LogP contribution in [0.4, 0.5) is 23.2 Å². The third-order valence-electron chi connectivity index (χ3n) is 4.80. The van der Waals surface area contributed by atoms with Crippen molar-refractivity contribution in [3.63, 3.8) is 0 Å². The molecular weight excluding hydrogens is 529 g/mol. The average Bonchev–Trinajstić information content (AvgIpc) is 2.78. The zero-order valence-electron chi connectivity index (χ0n) is 18.1. The number of hydrogen-bond donors (Lipinski definition) is 1. The van der Waals surface area contributed by atoms with E-state index in [4.69, 9.17) is 27.9 Å². The monoisotopic (exact) mass is 544 g/mol. The van der Waals surface area contributed by atoms with Gasteiger partial charge in [-0.2, -0.15) is 13.2 Å². The van der Waals surface area contributed by atoms with Crippen molar-refractivity contribution in [1.29, 1.82) is 0 Å². The molecule has 0 spiro atoms. The highest BCUT2D eigenvalue weighted by Gasteiger charge is 2.33. The molecule has 0 fully saturated rings. The number of methoxy groups -OCH3 is 1. The lowest BCUT2D eigenvalue weighted by atomic mass is 10.2. The number of aromatic amines is 1. The topological polar surface area (TPSA) is 69.8 Å². The first-order chi connectivity index (χ1) is 16.6. The summed E-state index contributed by atoms with van der Waals surface area (Å²) in [7, 11) is 0.330. The van der Waals surface area contributed by atoms with E-state index in [1.807, 2.05) is 0 Å². The van der Waals surface area contributed by atoms with Gasteiger partial charge >= 0.3 is 6.18 Å². The summed E-state index contributed by atoms with van der Waals surface area (Å²) >= 11 is 11.9. The summed E-state index contributed by atoms with van der Waals surface area (Å²) in [5, 5.41) is 8.35. The Kier molecular flexibility index (Phi) is 7.11. The van der Waals surface area contributed by atoms with Crippen molar-refractivity contribution in [3.05, 3.63) is 74.8 Å². The van der Waals surface area contributed by atoms with E-state index in [-0.39, 0.29) is 22.2 Å². The zero-order chi connectivity index (χ0) is 25.3. The third-order valence-corrected chi connectivity index (χ3v) is 6.91. The summed E-state index contributed by atoms with van der Waals surface area (Å²) < 4.78 is 65.4. The van der Waals surface area contributed by atoms with Crippen LogP contribution in [0.25, 0.3) is 21.9 Å². The van der Waals surface area contributed by atoms with Gasteiger partial charge in [0.25, 0.3) is 0 Å². The van der Waals surface area contributed by atoms with E-state index in [1.165, 1.54) is 54.4 Å². The highest BCUT2D eigenvalue weighted by molar-refractivity contribution is 8.17. The van der Waals surface area contributed by atoms with Crippen molar-refractivity contribution >= 4 is 44.9 Å². The smallest absolute Gasteiger partial charge is 0.417 e. The van der Waals surface area contributed by atoms with Crippen LogP contribution in [0, 0.1) is 5.82 Å². The number of halogens is 6. The maximum atomic E-state index is 13.9. The van der Waals surface area contributed by atoms with Crippen LogP contribution in [0.3, 0.4) is 0 Å². The molecule has 0 aliphatic carbocycles. The van der Waals surface area contributed by atoms with E-state index in [0.717, 1.165) is 6.07 Å². The number of hydrogen-bond acceptors (Lipinski definition) is 3. The van der Waals surface area contributed by atoms with Crippen LogP contribution in [-0.2, 0) is 6.18 Å². The van der Waals surface area contributed by atoms with Gasteiger partial charge in [0.2, 0.25) is 0 Å². The minimum atomic E-state index is -4.62. The highest BCUT2D eigenvalue weighted by Crippen LogP contribution is 2.46. The van der Waals surface area contributed by atoms with Gasteiger partial charge in [0.05, 0.1) is 28.4 Å². The van der Waals surface area contributed by atoms with Gasteiger partial charge in [0.15, 0.2) is 5.82 Å². The molecule has 184 valence electrons. The number of alkyl halides is 3. The van der Waals surface area contributed by atoms with Crippen LogP contribution in [0.1, 0.15) is 12.5 Å². The SMILES string of the molecule is C/C=S(/[N-]c1cc(Cl)cnc1-c1n[nH]n1-c1cc(F)ccc1OC)c1ccc(Cl)c(C(F)(F)F)c1. The van der Waals surface area contributed by atoms with Crippen molar-refractivity contribution in [2.45, 2.75) is 18.0 Å². The molecule has 6 nitrogen and oxygen atoms in total. The summed E-state index contributed by atoms with van der Waals surface area (Å²) in [5.41, 5.74) is -0.0479. The second-order valence-corrected chi connectivity index (χ2v) is 9.59. The average molecular weight is 545 g/mol. The number of ether oxygens (including phenoxy) is 1. The Bertz CT molecular complexity index is 1420. The molecule has 1 N–H and O–H groups in total. The molecular formula is C22H16Cl2F4N5OS-. The predicted molar refractivity (Wildman–Crippen MR) is 130 cm³/mol. The van der Waals surface area contributed by atoms with Gasteiger partial charge < -0.3 is 9.46 Å². The fourth-order valence-corrected chi connectivity index (χ4v) is 4.84. The molecule has 1 unspecified atom stereocenters. The van der Waals surface area contributed by atoms with E-state index >= 15 is 0 Å². The number of H-pyrrole nitrogens is 1. The van der Waals surface area contributed by atoms with Gasteiger partial charge in [-0.05, 0) is 42.2 Å². The summed E-state index contributed by atoms with van der Waals surface area (Å²) in [6, 6.07) is 9.14. The fraction of sp³-hybridized carbons (Fsp3) is 0.136. The van der Waals surface area contributed by atoms with E-state index in [9.17, 15) is 17.6 Å². The normalized spacial score (nSPS) is 12.7. The number of pyridine rings is 1. The lowest BCUT2D eigenvalue weighted by Crippen LogP contribution is -2.16. The molecule has 2 aromatic carbocycles. The first-order valence-electron chi connectivity index (χ1n) is 9.86. The highest BCUT2D eigenvalue weighted by atomic mass is 35.5. The standard InChI is InChI=1S/C22H16Cl2F4N5OS/c1-3-35(14-5-6-16(24)15(10-14)22(26,27)28)31-17-8-12(23)11-29-20(17)21-30-32-33(21)18-9-13(25)4-7-19(18)34-2/h3-11,32H,1-2H3/q-1. The van der Waals surface area contributed by atoms with Gasteiger partial charge in [-0.3, -0.25) is 4.98 Å². The largest absolute Gasteiger partial charge is 0.629 e. The van der Waals surface area contributed by atoms with Gasteiger partial charge in [0, 0.05) is 12.3 Å². The number of nitrogens with one attached hydrogen (secondary N) is 1. The number of benzene rings is 2. The molecule has 0 bridgehead atoms. The molecule has 0 saturated carbocycles. The van der Waals surface area contributed by atoms with Gasteiger partial charge in [-0.25, -0.2) is 25.0 Å². The first kappa shape index (κ1) is 25.1. The summed E-state index contributed by atoms with van der Waals surface area (Å²) in [6.07, 6.45) is -3.23. The van der Waals surface area contributed by atoms with Crippen molar-refractivity contribution in [1.82, 2.24) is 20.0 Å². The third kappa shape index (κ3) is 5.16. The van der Waals surface area contributed by atoms with Crippen molar-refractivity contribution in [2.24, 2.45) is 0 Å². The molecule has 0 aliphatic heterocycles.